The minimum absolute atomic E-state index is 0.852. The molecule has 0 radical (unpaired) electrons. The van der Waals surface area contributed by atoms with E-state index in [1.807, 2.05) is 0 Å². The Morgan fingerprint density at radius 2 is 0.716 bits per heavy atom. The molecule has 1 aromatic heterocycles. The van der Waals surface area contributed by atoms with Gasteiger partial charge in [-0.3, -0.25) is 0 Å². The molecular weight excluding hydrogens is 893 g/mol. The van der Waals surface area contributed by atoms with Gasteiger partial charge in [0.1, 0.15) is 0 Å². The Bertz CT molecular complexity index is 4620. The number of hydrogen-bond acceptors (Lipinski definition) is 1. The highest BCUT2D eigenvalue weighted by Gasteiger charge is 2.20. The van der Waals surface area contributed by atoms with Crippen LogP contribution in [-0.4, -0.2) is 4.57 Å². The zero-order chi connectivity index (χ0) is 48.9. The Morgan fingerprint density at radius 1 is 0.324 bits per heavy atom. The molecule has 0 bridgehead atoms. The number of aromatic nitrogens is 1. The fraction of sp³-hybridized carbons (Fsp3) is 0.0417. The first kappa shape index (κ1) is 42.3. The van der Waals surface area contributed by atoms with Crippen molar-refractivity contribution in [1.29, 1.82) is 0 Å². The van der Waals surface area contributed by atoms with E-state index in [-0.39, 0.29) is 0 Å². The molecule has 2 heterocycles. The third kappa shape index (κ3) is 6.83. The van der Waals surface area contributed by atoms with Crippen LogP contribution in [0.25, 0.3) is 131 Å². The molecule has 0 N–H and O–H groups in total. The zero-order valence-corrected chi connectivity index (χ0v) is 41.0. The molecule has 1 aliphatic heterocycles. The first-order chi connectivity index (χ1) is 36.6. The standard InChI is InChI=1S/C72H48N2/c1-45-26-36-64(46-27-29-47(30-28-46)70-60-22-10-6-18-54(60)38-55-19-7-11-23-61(55)70)72(49-33-31-48(32-34-49)71-62-24-12-8-20-56(62)39-57-21-9-13-25-63(57)71)73-67-44-58(35-37-59(45)67)74-68-42-52-16-4-2-14-50(52)40-65(68)66-41-51-15-3-5-17-53(51)43-69(66)74/h2-25,27-35,37-44H,26,36H2,1H3/b59-45+,72-64+,73-67-. The van der Waals surface area contributed by atoms with Crippen LogP contribution in [0.3, 0.4) is 0 Å². The highest BCUT2D eigenvalue weighted by molar-refractivity contribution is 6.17. The lowest BCUT2D eigenvalue weighted by Crippen LogP contribution is -2.28. The predicted molar refractivity (Wildman–Crippen MR) is 315 cm³/mol. The number of allylic oxidation sites excluding steroid dienone is 1. The first-order valence-corrected chi connectivity index (χ1v) is 25.9. The molecule has 1 aliphatic rings. The lowest BCUT2D eigenvalue weighted by atomic mass is 9.88. The second-order valence-electron chi connectivity index (χ2n) is 20.2. The van der Waals surface area contributed by atoms with Gasteiger partial charge < -0.3 is 4.57 Å². The van der Waals surface area contributed by atoms with Crippen molar-refractivity contribution < 1.29 is 0 Å². The fourth-order valence-electron chi connectivity index (χ4n) is 12.3. The van der Waals surface area contributed by atoms with Crippen LogP contribution < -0.4 is 10.6 Å². The normalized spacial score (nSPS) is 15.3. The number of hydrogen-bond donors (Lipinski definition) is 0. The van der Waals surface area contributed by atoms with E-state index in [9.17, 15) is 0 Å². The highest BCUT2D eigenvalue weighted by Crippen LogP contribution is 2.42. The van der Waals surface area contributed by atoms with E-state index >= 15 is 0 Å². The fourth-order valence-corrected chi connectivity index (χ4v) is 12.3. The third-order valence-corrected chi connectivity index (χ3v) is 16.0. The van der Waals surface area contributed by atoms with Gasteiger partial charge in [0.2, 0.25) is 0 Å². The molecule has 15 rings (SSSR count). The molecule has 14 aromatic rings. The highest BCUT2D eigenvalue weighted by atomic mass is 15.0. The Morgan fingerprint density at radius 3 is 1.18 bits per heavy atom. The summed E-state index contributed by atoms with van der Waals surface area (Å²) in [4.78, 5) is 5.92. The van der Waals surface area contributed by atoms with Gasteiger partial charge in [0.15, 0.2) is 0 Å². The summed E-state index contributed by atoms with van der Waals surface area (Å²) < 4.78 is 2.47. The van der Waals surface area contributed by atoms with E-state index in [4.69, 9.17) is 4.99 Å². The Hall–Kier alpha value is -9.37. The summed E-state index contributed by atoms with van der Waals surface area (Å²) in [5, 5.41) is 19.6. The summed E-state index contributed by atoms with van der Waals surface area (Å²) in [5.41, 5.74) is 14.3. The maximum absolute atomic E-state index is 5.92. The summed E-state index contributed by atoms with van der Waals surface area (Å²) in [6.45, 7) is 2.30. The molecule has 0 spiro atoms. The monoisotopic (exact) mass is 940 g/mol. The molecule has 2 heteroatoms. The molecule has 0 unspecified atom stereocenters. The molecular formula is C72H48N2. The molecule has 2 nitrogen and oxygen atoms in total. The van der Waals surface area contributed by atoms with Crippen molar-refractivity contribution in [2.75, 3.05) is 0 Å². The van der Waals surface area contributed by atoms with Crippen LogP contribution in [0.1, 0.15) is 30.9 Å². The van der Waals surface area contributed by atoms with E-state index in [1.54, 1.807) is 0 Å². The zero-order valence-electron chi connectivity index (χ0n) is 41.0. The number of benzene rings is 13. The molecule has 346 valence electrons. The van der Waals surface area contributed by atoms with E-state index in [2.05, 4.69) is 260 Å². The van der Waals surface area contributed by atoms with Gasteiger partial charge in [-0.15, -0.1) is 0 Å². The lowest BCUT2D eigenvalue weighted by molar-refractivity contribution is 1.04. The number of nitrogens with zero attached hydrogens (tertiary/aromatic N) is 2. The van der Waals surface area contributed by atoms with Gasteiger partial charge in [-0.05, 0) is 172 Å². The summed E-state index contributed by atoms with van der Waals surface area (Å²) in [5.74, 6) is 0. The van der Waals surface area contributed by atoms with Crippen LogP contribution in [0.2, 0.25) is 0 Å². The van der Waals surface area contributed by atoms with Gasteiger partial charge >= 0.3 is 0 Å². The van der Waals surface area contributed by atoms with Gasteiger partial charge in [-0.2, -0.15) is 0 Å². The maximum Gasteiger partial charge on any atom is 0.0747 e. The quantitative estimate of drug-likeness (QED) is 0.153. The van der Waals surface area contributed by atoms with Crippen molar-refractivity contribution >= 4 is 103 Å². The van der Waals surface area contributed by atoms with Crippen LogP contribution >= 0.6 is 0 Å². The van der Waals surface area contributed by atoms with Crippen molar-refractivity contribution in [2.24, 2.45) is 4.99 Å². The smallest absolute Gasteiger partial charge is 0.0747 e. The van der Waals surface area contributed by atoms with Crippen LogP contribution in [0.5, 0.6) is 0 Å². The average molecular weight is 941 g/mol. The second-order valence-corrected chi connectivity index (χ2v) is 20.2. The van der Waals surface area contributed by atoms with Crippen molar-refractivity contribution in [3.05, 3.63) is 270 Å². The molecule has 13 aromatic carbocycles. The number of fused-ring (bicyclic) bond motifs is 10. The summed E-state index contributed by atoms with van der Waals surface area (Å²) in [6, 6.07) is 92.3. The third-order valence-electron chi connectivity index (χ3n) is 16.0. The molecule has 0 fully saturated rings. The van der Waals surface area contributed by atoms with Crippen molar-refractivity contribution in [1.82, 2.24) is 4.57 Å². The Kier molecular flexibility index (Phi) is 9.65. The predicted octanol–water partition coefficient (Wildman–Crippen LogP) is 18.2. The summed E-state index contributed by atoms with van der Waals surface area (Å²) in [7, 11) is 0. The minimum Gasteiger partial charge on any atom is -0.309 e. The molecule has 0 amide bonds. The topological polar surface area (TPSA) is 17.3 Å². The summed E-state index contributed by atoms with van der Waals surface area (Å²) >= 11 is 0. The van der Waals surface area contributed by atoms with E-state index in [0.29, 0.717) is 0 Å². The maximum atomic E-state index is 5.92. The molecule has 74 heavy (non-hydrogen) atoms. The molecule has 0 saturated carbocycles. The molecule has 0 saturated heterocycles. The average Bonchev–Trinajstić information content (AvgIpc) is 3.78. The number of rotatable bonds is 5. The van der Waals surface area contributed by atoms with E-state index in [0.717, 1.165) is 35.1 Å². The first-order valence-electron chi connectivity index (χ1n) is 25.9. The molecule has 0 aliphatic carbocycles. The summed E-state index contributed by atoms with van der Waals surface area (Å²) in [6.07, 6.45) is 1.76. The van der Waals surface area contributed by atoms with Gasteiger partial charge in [0, 0.05) is 22.0 Å². The van der Waals surface area contributed by atoms with Gasteiger partial charge in [-0.1, -0.05) is 206 Å². The lowest BCUT2D eigenvalue weighted by Gasteiger charge is -2.18. The van der Waals surface area contributed by atoms with Crippen LogP contribution in [-0.2, 0) is 0 Å². The molecule has 0 atom stereocenters. The van der Waals surface area contributed by atoms with Crippen molar-refractivity contribution in [3.8, 4) is 27.9 Å². The largest absolute Gasteiger partial charge is 0.309 e. The van der Waals surface area contributed by atoms with Crippen LogP contribution in [0, 0.1) is 0 Å². The Balaban J connectivity index is 0.961. The van der Waals surface area contributed by atoms with Crippen LogP contribution in [0.4, 0.5) is 0 Å². The van der Waals surface area contributed by atoms with Gasteiger partial charge in [0.25, 0.3) is 0 Å². The SMILES string of the molecule is C/C1=c2/ccc(-n3c4cc5ccccc5cc4c4cc5ccccc5cc43)c/c2=N/C(c2ccc(-c3c4ccccc4cc4ccccc34)cc2)=C(/c2ccc(-c3c4ccccc4cc4ccccc34)cc2)CC1. The second kappa shape index (κ2) is 16.9. The van der Waals surface area contributed by atoms with Crippen molar-refractivity contribution in [3.63, 3.8) is 0 Å². The van der Waals surface area contributed by atoms with Crippen LogP contribution in [0.15, 0.2) is 254 Å². The van der Waals surface area contributed by atoms with Crippen molar-refractivity contribution in [2.45, 2.75) is 19.8 Å². The Labute approximate surface area is 428 Å². The van der Waals surface area contributed by atoms with E-state index in [1.165, 1.54) is 131 Å². The van der Waals surface area contributed by atoms with Gasteiger partial charge in [0.05, 0.1) is 22.1 Å². The van der Waals surface area contributed by atoms with E-state index < -0.39 is 0 Å². The van der Waals surface area contributed by atoms with Gasteiger partial charge in [-0.25, -0.2) is 4.99 Å². The minimum atomic E-state index is 0.852.